The van der Waals surface area contributed by atoms with Crippen LogP contribution in [0, 0.1) is 6.92 Å². The third-order valence-corrected chi connectivity index (χ3v) is 5.47. The van der Waals surface area contributed by atoms with Gasteiger partial charge < -0.3 is 10.2 Å². The number of nitrogens with one attached hydrogen (secondary N) is 1. The zero-order valence-corrected chi connectivity index (χ0v) is 18.6. The first kappa shape index (κ1) is 22.6. The molecule has 0 unspecified atom stereocenters. The number of rotatable bonds is 8. The SMILES string of the molecule is CNC(=O)[C@@H](Cc1ccccc1)N(Cc1cccc(Cl)c1)C(=O)Cc1ccc(C)cc1. The van der Waals surface area contributed by atoms with Gasteiger partial charge in [-0.15, -0.1) is 0 Å². The highest BCUT2D eigenvalue weighted by molar-refractivity contribution is 6.30. The lowest BCUT2D eigenvalue weighted by atomic mass is 10.0. The first-order valence-corrected chi connectivity index (χ1v) is 10.7. The Bertz CT molecular complexity index is 1020. The average Bonchev–Trinajstić information content (AvgIpc) is 2.78. The molecule has 0 radical (unpaired) electrons. The van der Waals surface area contributed by atoms with Gasteiger partial charge in [-0.05, 0) is 35.7 Å². The van der Waals surface area contributed by atoms with Crippen LogP contribution in [-0.4, -0.2) is 29.8 Å². The van der Waals surface area contributed by atoms with Crippen LogP contribution < -0.4 is 5.32 Å². The summed E-state index contributed by atoms with van der Waals surface area (Å²) in [6.07, 6.45) is 0.657. The van der Waals surface area contributed by atoms with Gasteiger partial charge in [0.05, 0.1) is 6.42 Å². The molecule has 0 spiro atoms. The summed E-state index contributed by atoms with van der Waals surface area (Å²) in [6, 6.07) is 24.4. The zero-order chi connectivity index (χ0) is 22.2. The van der Waals surface area contributed by atoms with Crippen molar-refractivity contribution in [2.75, 3.05) is 7.05 Å². The van der Waals surface area contributed by atoms with E-state index in [-0.39, 0.29) is 18.2 Å². The van der Waals surface area contributed by atoms with Crippen molar-refractivity contribution in [2.45, 2.75) is 32.4 Å². The van der Waals surface area contributed by atoms with Crippen molar-refractivity contribution in [2.24, 2.45) is 0 Å². The van der Waals surface area contributed by atoms with Crippen molar-refractivity contribution >= 4 is 23.4 Å². The van der Waals surface area contributed by atoms with E-state index in [1.165, 1.54) is 0 Å². The van der Waals surface area contributed by atoms with Crippen LogP contribution in [-0.2, 0) is 29.0 Å². The quantitative estimate of drug-likeness (QED) is 0.564. The summed E-state index contributed by atoms with van der Waals surface area (Å²) < 4.78 is 0. The molecule has 3 aromatic carbocycles. The Morgan fingerprint density at radius 1 is 0.903 bits per heavy atom. The third-order valence-electron chi connectivity index (χ3n) is 5.24. The largest absolute Gasteiger partial charge is 0.357 e. The number of halogens is 1. The minimum Gasteiger partial charge on any atom is -0.357 e. The van der Waals surface area contributed by atoms with Crippen LogP contribution in [0.15, 0.2) is 78.9 Å². The van der Waals surface area contributed by atoms with Crippen molar-refractivity contribution in [3.8, 4) is 0 Å². The molecule has 4 nitrogen and oxygen atoms in total. The van der Waals surface area contributed by atoms with Crippen molar-refractivity contribution in [3.63, 3.8) is 0 Å². The maximum Gasteiger partial charge on any atom is 0.242 e. The predicted molar refractivity (Wildman–Crippen MR) is 125 cm³/mol. The summed E-state index contributed by atoms with van der Waals surface area (Å²) in [7, 11) is 1.60. The normalized spacial score (nSPS) is 11.6. The number of hydrogen-bond acceptors (Lipinski definition) is 2. The van der Waals surface area contributed by atoms with Crippen LogP contribution >= 0.6 is 11.6 Å². The van der Waals surface area contributed by atoms with Gasteiger partial charge in [0.1, 0.15) is 6.04 Å². The Kier molecular flexibility index (Phi) is 7.85. The first-order chi connectivity index (χ1) is 15.0. The van der Waals surface area contributed by atoms with E-state index < -0.39 is 6.04 Å². The molecule has 1 N–H and O–H groups in total. The number of carbonyl (C=O) groups excluding carboxylic acids is 2. The molecule has 2 amide bonds. The van der Waals surface area contributed by atoms with Crippen LogP contribution in [0.5, 0.6) is 0 Å². The lowest BCUT2D eigenvalue weighted by Crippen LogP contribution is -2.50. The van der Waals surface area contributed by atoms with E-state index in [0.29, 0.717) is 18.0 Å². The monoisotopic (exact) mass is 434 g/mol. The predicted octanol–water partition coefficient (Wildman–Crippen LogP) is 4.58. The van der Waals surface area contributed by atoms with Crippen LogP contribution in [0.2, 0.25) is 5.02 Å². The van der Waals surface area contributed by atoms with Gasteiger partial charge in [0.2, 0.25) is 11.8 Å². The Labute approximate surface area is 188 Å². The molecule has 0 saturated heterocycles. The molecule has 1 atom stereocenters. The first-order valence-electron chi connectivity index (χ1n) is 10.3. The highest BCUT2D eigenvalue weighted by atomic mass is 35.5. The molecule has 0 aliphatic carbocycles. The molecule has 0 bridgehead atoms. The van der Waals surface area contributed by atoms with E-state index in [1.54, 1.807) is 18.0 Å². The van der Waals surface area contributed by atoms with E-state index in [0.717, 1.165) is 22.3 Å². The van der Waals surface area contributed by atoms with Crippen LogP contribution in [0.1, 0.15) is 22.3 Å². The van der Waals surface area contributed by atoms with Gasteiger partial charge in [-0.3, -0.25) is 9.59 Å². The Hall–Kier alpha value is -3.11. The summed E-state index contributed by atoms with van der Waals surface area (Å²) in [5.74, 6) is -0.295. The highest BCUT2D eigenvalue weighted by Crippen LogP contribution is 2.19. The fraction of sp³-hybridized carbons (Fsp3) is 0.231. The smallest absolute Gasteiger partial charge is 0.242 e. The Morgan fingerprint density at radius 3 is 2.23 bits per heavy atom. The Morgan fingerprint density at radius 2 is 1.58 bits per heavy atom. The van der Waals surface area contributed by atoms with E-state index in [4.69, 9.17) is 11.6 Å². The van der Waals surface area contributed by atoms with Crippen molar-refractivity contribution in [1.29, 1.82) is 0 Å². The standard InChI is InChI=1S/C26H27ClN2O2/c1-19-11-13-21(14-12-19)17-25(30)29(18-22-9-6-10-23(27)15-22)24(26(31)28-2)16-20-7-4-3-5-8-20/h3-15,24H,16-18H2,1-2H3,(H,28,31)/t24-/m1/s1. The molecule has 0 fully saturated rings. The molecule has 3 rings (SSSR count). The summed E-state index contributed by atoms with van der Waals surface area (Å²) >= 11 is 6.17. The average molecular weight is 435 g/mol. The lowest BCUT2D eigenvalue weighted by Gasteiger charge is -2.31. The second kappa shape index (κ2) is 10.8. The molecule has 5 heteroatoms. The number of nitrogens with zero attached hydrogens (tertiary/aromatic N) is 1. The van der Waals surface area contributed by atoms with Gasteiger partial charge >= 0.3 is 0 Å². The van der Waals surface area contributed by atoms with Gasteiger partial charge in [0.15, 0.2) is 0 Å². The molecule has 0 saturated carbocycles. The van der Waals surface area contributed by atoms with Gasteiger partial charge in [0.25, 0.3) is 0 Å². The van der Waals surface area contributed by atoms with E-state index in [1.807, 2.05) is 79.7 Å². The van der Waals surface area contributed by atoms with E-state index in [2.05, 4.69) is 5.32 Å². The minimum absolute atomic E-state index is 0.103. The second-order valence-electron chi connectivity index (χ2n) is 7.63. The van der Waals surface area contributed by atoms with Crippen molar-refractivity contribution in [1.82, 2.24) is 10.2 Å². The van der Waals surface area contributed by atoms with E-state index in [9.17, 15) is 9.59 Å². The Balaban J connectivity index is 1.93. The van der Waals surface area contributed by atoms with Gasteiger partial charge in [-0.1, -0.05) is 83.9 Å². The molecule has 0 aromatic heterocycles. The zero-order valence-electron chi connectivity index (χ0n) is 17.8. The van der Waals surface area contributed by atoms with E-state index >= 15 is 0 Å². The maximum atomic E-state index is 13.5. The maximum absolute atomic E-state index is 13.5. The molecule has 0 heterocycles. The lowest BCUT2D eigenvalue weighted by molar-refractivity contribution is -0.140. The summed E-state index contributed by atoms with van der Waals surface area (Å²) in [6.45, 7) is 2.31. The molecule has 160 valence electrons. The van der Waals surface area contributed by atoms with Gasteiger partial charge in [-0.25, -0.2) is 0 Å². The number of carbonyl (C=O) groups is 2. The van der Waals surface area contributed by atoms with Crippen LogP contribution in [0.25, 0.3) is 0 Å². The molecule has 0 aliphatic rings. The third kappa shape index (κ3) is 6.43. The second-order valence-corrected chi connectivity index (χ2v) is 8.07. The topological polar surface area (TPSA) is 49.4 Å². The van der Waals surface area contributed by atoms with Crippen LogP contribution in [0.3, 0.4) is 0 Å². The van der Waals surface area contributed by atoms with Crippen molar-refractivity contribution in [3.05, 3.63) is 106 Å². The number of hydrogen-bond donors (Lipinski definition) is 1. The number of likely N-dealkylation sites (N-methyl/N-ethyl adjacent to an activating group) is 1. The molecule has 0 aliphatic heterocycles. The fourth-order valence-electron chi connectivity index (χ4n) is 3.53. The number of aryl methyl sites for hydroxylation is 1. The number of amides is 2. The molecule has 3 aromatic rings. The summed E-state index contributed by atoms with van der Waals surface area (Å²) in [5, 5.41) is 3.33. The van der Waals surface area contributed by atoms with Gasteiger partial charge in [0, 0.05) is 25.0 Å². The van der Waals surface area contributed by atoms with Gasteiger partial charge in [-0.2, -0.15) is 0 Å². The minimum atomic E-state index is -0.635. The summed E-state index contributed by atoms with van der Waals surface area (Å²) in [4.78, 5) is 28.0. The highest BCUT2D eigenvalue weighted by Gasteiger charge is 2.29. The summed E-state index contributed by atoms with van der Waals surface area (Å²) in [5.41, 5.74) is 3.93. The van der Waals surface area contributed by atoms with Crippen molar-refractivity contribution < 1.29 is 9.59 Å². The molecule has 31 heavy (non-hydrogen) atoms. The number of benzene rings is 3. The molecular weight excluding hydrogens is 408 g/mol. The fourth-order valence-corrected chi connectivity index (χ4v) is 3.75. The van der Waals surface area contributed by atoms with Crippen LogP contribution in [0.4, 0.5) is 0 Å². The molecular formula is C26H27ClN2O2.